The molecule has 0 saturated heterocycles. The van der Waals surface area contributed by atoms with Crippen molar-refractivity contribution in [2.24, 2.45) is 5.92 Å². The molecule has 1 aromatic rings. The minimum absolute atomic E-state index is 0.400. The lowest BCUT2D eigenvalue weighted by atomic mass is 10.0. The molecule has 1 N–H and O–H groups in total. The lowest BCUT2D eigenvalue weighted by molar-refractivity contribution is 0.444. The molecule has 1 aromatic carbocycles. The molecule has 0 bridgehead atoms. The third-order valence-corrected chi connectivity index (χ3v) is 3.18. The summed E-state index contributed by atoms with van der Waals surface area (Å²) in [6.45, 7) is 7.81. The highest BCUT2D eigenvalue weighted by Crippen LogP contribution is 2.16. The van der Waals surface area contributed by atoms with Gasteiger partial charge >= 0.3 is 0 Å². The van der Waals surface area contributed by atoms with E-state index in [1.165, 1.54) is 18.4 Å². The van der Waals surface area contributed by atoms with Crippen molar-refractivity contribution in [3.8, 4) is 0 Å². The van der Waals surface area contributed by atoms with Crippen LogP contribution in [0.2, 0.25) is 5.02 Å². The number of hydrogen-bond donors (Lipinski definition) is 1. The average Bonchev–Trinajstić information content (AvgIpc) is 2.27. The van der Waals surface area contributed by atoms with E-state index >= 15 is 0 Å². The molecule has 2 unspecified atom stereocenters. The second-order valence-corrected chi connectivity index (χ2v) is 5.01. The first-order valence-electron chi connectivity index (χ1n) is 6.12. The van der Waals surface area contributed by atoms with E-state index < -0.39 is 0 Å². The molecule has 1 rings (SSSR count). The minimum atomic E-state index is 0.400. The summed E-state index contributed by atoms with van der Waals surface area (Å²) in [7, 11) is 0. The molecule has 0 saturated carbocycles. The summed E-state index contributed by atoms with van der Waals surface area (Å²) in [5.41, 5.74) is 1.30. The van der Waals surface area contributed by atoms with Gasteiger partial charge in [-0.2, -0.15) is 0 Å². The number of benzene rings is 1. The lowest BCUT2D eigenvalue weighted by Crippen LogP contribution is -2.24. The Labute approximate surface area is 104 Å². The van der Waals surface area contributed by atoms with Crippen LogP contribution in [0.4, 0.5) is 0 Å². The van der Waals surface area contributed by atoms with Gasteiger partial charge in [0.05, 0.1) is 0 Å². The Balaban J connectivity index is 2.40. The van der Waals surface area contributed by atoms with Gasteiger partial charge in [-0.15, -0.1) is 0 Å². The second-order valence-electron chi connectivity index (χ2n) is 4.58. The van der Waals surface area contributed by atoms with Crippen LogP contribution < -0.4 is 5.32 Å². The van der Waals surface area contributed by atoms with Gasteiger partial charge in [0.2, 0.25) is 0 Å². The van der Waals surface area contributed by atoms with Crippen molar-refractivity contribution < 1.29 is 0 Å². The zero-order valence-electron chi connectivity index (χ0n) is 10.5. The maximum absolute atomic E-state index is 5.86. The fraction of sp³-hybridized carbons (Fsp3) is 0.571. The van der Waals surface area contributed by atoms with Gasteiger partial charge in [-0.05, 0) is 43.5 Å². The summed E-state index contributed by atoms with van der Waals surface area (Å²) in [4.78, 5) is 0. The third-order valence-electron chi connectivity index (χ3n) is 2.92. The van der Waals surface area contributed by atoms with Crippen LogP contribution in [0.15, 0.2) is 24.3 Å². The molecule has 16 heavy (non-hydrogen) atoms. The van der Waals surface area contributed by atoms with Crippen molar-refractivity contribution in [3.05, 3.63) is 34.9 Å². The van der Waals surface area contributed by atoms with Gasteiger partial charge < -0.3 is 5.32 Å². The first kappa shape index (κ1) is 13.5. The molecule has 0 amide bonds. The summed E-state index contributed by atoms with van der Waals surface area (Å²) >= 11 is 5.86. The van der Waals surface area contributed by atoms with Crippen molar-refractivity contribution >= 4 is 11.6 Å². The van der Waals surface area contributed by atoms with Gasteiger partial charge in [-0.1, -0.05) is 44.0 Å². The zero-order chi connectivity index (χ0) is 12.0. The second kappa shape index (κ2) is 6.93. The Morgan fingerprint density at radius 2 is 1.81 bits per heavy atom. The van der Waals surface area contributed by atoms with E-state index in [1.54, 1.807) is 0 Å². The van der Waals surface area contributed by atoms with Gasteiger partial charge in [-0.25, -0.2) is 0 Å². The first-order valence-corrected chi connectivity index (χ1v) is 6.50. The van der Waals surface area contributed by atoms with Crippen molar-refractivity contribution in [3.63, 3.8) is 0 Å². The van der Waals surface area contributed by atoms with Crippen LogP contribution in [0, 0.1) is 5.92 Å². The fourth-order valence-corrected chi connectivity index (χ4v) is 1.97. The molecule has 0 spiro atoms. The molecule has 0 radical (unpaired) electrons. The average molecular weight is 240 g/mol. The smallest absolute Gasteiger partial charge is 0.0406 e. The molecule has 0 fully saturated rings. The van der Waals surface area contributed by atoms with Gasteiger partial charge in [0, 0.05) is 11.1 Å². The molecule has 0 aliphatic heterocycles. The van der Waals surface area contributed by atoms with E-state index in [4.69, 9.17) is 11.6 Å². The monoisotopic (exact) mass is 239 g/mol. The van der Waals surface area contributed by atoms with Crippen LogP contribution in [0.25, 0.3) is 0 Å². The van der Waals surface area contributed by atoms with E-state index in [1.807, 2.05) is 12.1 Å². The number of nitrogens with one attached hydrogen (secondary N) is 1. The first-order chi connectivity index (χ1) is 7.63. The van der Waals surface area contributed by atoms with Gasteiger partial charge in [-0.3, -0.25) is 0 Å². The van der Waals surface area contributed by atoms with Crippen molar-refractivity contribution in [1.29, 1.82) is 0 Å². The number of hydrogen-bond acceptors (Lipinski definition) is 1. The minimum Gasteiger partial charge on any atom is -0.310 e. The molecule has 0 heterocycles. The van der Waals surface area contributed by atoms with Crippen LogP contribution in [0.1, 0.15) is 45.2 Å². The molecule has 2 heteroatoms. The molecule has 1 nitrogen and oxygen atoms in total. The highest BCUT2D eigenvalue weighted by molar-refractivity contribution is 6.30. The molecule has 0 aliphatic rings. The Morgan fingerprint density at radius 1 is 1.19 bits per heavy atom. The number of rotatable bonds is 6. The summed E-state index contributed by atoms with van der Waals surface area (Å²) in [5.74, 6) is 0.750. The van der Waals surface area contributed by atoms with Crippen LogP contribution >= 0.6 is 11.6 Å². The largest absolute Gasteiger partial charge is 0.310 e. The molecule has 90 valence electrons. The highest BCUT2D eigenvalue weighted by Gasteiger charge is 2.06. The van der Waals surface area contributed by atoms with Crippen LogP contribution in [-0.2, 0) is 0 Å². The SMILES string of the molecule is CCCC(C)CNC(C)c1ccc(Cl)cc1. The zero-order valence-corrected chi connectivity index (χ0v) is 11.2. The van der Waals surface area contributed by atoms with Crippen LogP contribution in [-0.4, -0.2) is 6.54 Å². The van der Waals surface area contributed by atoms with Crippen LogP contribution in [0.3, 0.4) is 0 Å². The van der Waals surface area contributed by atoms with E-state index in [-0.39, 0.29) is 0 Å². The molecular weight excluding hydrogens is 218 g/mol. The molecule has 2 atom stereocenters. The Kier molecular flexibility index (Phi) is 5.86. The summed E-state index contributed by atoms with van der Waals surface area (Å²) in [6.07, 6.45) is 2.55. The van der Waals surface area contributed by atoms with Gasteiger partial charge in [0.25, 0.3) is 0 Å². The predicted molar refractivity (Wildman–Crippen MR) is 71.9 cm³/mol. The molecule has 0 aromatic heterocycles. The maximum atomic E-state index is 5.86. The summed E-state index contributed by atoms with van der Waals surface area (Å²) < 4.78 is 0. The highest BCUT2D eigenvalue weighted by atomic mass is 35.5. The topological polar surface area (TPSA) is 12.0 Å². The fourth-order valence-electron chi connectivity index (χ4n) is 1.84. The van der Waals surface area contributed by atoms with Crippen LogP contribution in [0.5, 0.6) is 0 Å². The molecule has 0 aliphatic carbocycles. The quantitative estimate of drug-likeness (QED) is 0.775. The number of halogens is 1. The predicted octanol–water partition coefficient (Wildman–Crippen LogP) is 4.43. The Morgan fingerprint density at radius 3 is 2.38 bits per heavy atom. The Bertz CT molecular complexity index is 294. The van der Waals surface area contributed by atoms with Crippen molar-refractivity contribution in [2.75, 3.05) is 6.54 Å². The Hall–Kier alpha value is -0.530. The standard InChI is InChI=1S/C14H22ClN/c1-4-5-11(2)10-16-12(3)13-6-8-14(15)9-7-13/h6-9,11-12,16H,4-5,10H2,1-3H3. The van der Waals surface area contributed by atoms with E-state index in [0.717, 1.165) is 17.5 Å². The van der Waals surface area contributed by atoms with Gasteiger partial charge in [0.1, 0.15) is 0 Å². The summed E-state index contributed by atoms with van der Waals surface area (Å²) in [5, 5.41) is 4.36. The van der Waals surface area contributed by atoms with E-state index in [2.05, 4.69) is 38.2 Å². The van der Waals surface area contributed by atoms with Crippen molar-refractivity contribution in [2.45, 2.75) is 39.7 Å². The van der Waals surface area contributed by atoms with Crippen molar-refractivity contribution in [1.82, 2.24) is 5.32 Å². The molecular formula is C14H22ClN. The van der Waals surface area contributed by atoms with Gasteiger partial charge in [0.15, 0.2) is 0 Å². The maximum Gasteiger partial charge on any atom is 0.0406 e. The van der Waals surface area contributed by atoms with E-state index in [0.29, 0.717) is 6.04 Å². The normalized spacial score (nSPS) is 14.8. The third kappa shape index (κ3) is 4.54. The summed E-state index contributed by atoms with van der Waals surface area (Å²) in [6, 6.07) is 8.47. The lowest BCUT2D eigenvalue weighted by Gasteiger charge is -2.17. The van der Waals surface area contributed by atoms with E-state index in [9.17, 15) is 0 Å².